The Kier molecular flexibility index (Phi) is 3.97. The van der Waals surface area contributed by atoms with Crippen molar-refractivity contribution in [1.82, 2.24) is 9.97 Å². The zero-order valence-electron chi connectivity index (χ0n) is 13.6. The number of aromatic amines is 1. The van der Waals surface area contributed by atoms with E-state index in [2.05, 4.69) is 15.3 Å². The molecule has 0 atom stereocenters. The molecule has 0 saturated carbocycles. The van der Waals surface area contributed by atoms with E-state index in [1.165, 1.54) is 12.1 Å². The predicted octanol–water partition coefficient (Wildman–Crippen LogP) is 3.39. The Hall–Kier alpha value is -2.73. The number of anilines is 1. The second kappa shape index (κ2) is 6.29. The normalized spacial score (nSPS) is 16.7. The van der Waals surface area contributed by atoms with Crippen LogP contribution in [0.25, 0.3) is 11.0 Å². The molecule has 2 heterocycles. The number of hydrogen-bond donors (Lipinski definition) is 2. The van der Waals surface area contributed by atoms with Crippen LogP contribution in [0, 0.1) is 5.82 Å². The SMILES string of the molecule is O=C(Nc1nc2ccccc2[nH]1)C1(c2ccc(F)cc2)CCOCC1. The van der Waals surface area contributed by atoms with Gasteiger partial charge in [-0.05, 0) is 42.7 Å². The summed E-state index contributed by atoms with van der Waals surface area (Å²) in [6.07, 6.45) is 1.09. The van der Waals surface area contributed by atoms with Crippen LogP contribution >= 0.6 is 0 Å². The van der Waals surface area contributed by atoms with Gasteiger partial charge >= 0.3 is 0 Å². The molecule has 1 aromatic heterocycles. The summed E-state index contributed by atoms with van der Waals surface area (Å²) in [4.78, 5) is 20.6. The highest BCUT2D eigenvalue weighted by Gasteiger charge is 2.42. The van der Waals surface area contributed by atoms with Crippen molar-refractivity contribution in [3.63, 3.8) is 0 Å². The molecule has 1 aliphatic rings. The van der Waals surface area contributed by atoms with Gasteiger partial charge < -0.3 is 9.72 Å². The molecular weight excluding hydrogens is 321 g/mol. The minimum atomic E-state index is -0.745. The number of H-pyrrole nitrogens is 1. The van der Waals surface area contributed by atoms with Gasteiger partial charge in [0.1, 0.15) is 5.82 Å². The lowest BCUT2D eigenvalue weighted by Gasteiger charge is -2.35. The molecule has 0 unspecified atom stereocenters. The molecule has 0 bridgehead atoms. The topological polar surface area (TPSA) is 67.0 Å². The molecule has 1 fully saturated rings. The van der Waals surface area contributed by atoms with Gasteiger partial charge in [0.05, 0.1) is 16.4 Å². The summed E-state index contributed by atoms with van der Waals surface area (Å²) in [5, 5.41) is 2.90. The molecule has 6 heteroatoms. The Labute approximate surface area is 144 Å². The number of amides is 1. The van der Waals surface area contributed by atoms with E-state index in [0.29, 0.717) is 32.0 Å². The Morgan fingerprint density at radius 1 is 1.12 bits per heavy atom. The van der Waals surface area contributed by atoms with Crippen molar-refractivity contribution in [2.75, 3.05) is 18.5 Å². The monoisotopic (exact) mass is 339 g/mol. The first-order chi connectivity index (χ1) is 12.2. The highest BCUT2D eigenvalue weighted by atomic mass is 19.1. The molecule has 3 aromatic rings. The number of ether oxygens (including phenoxy) is 1. The molecule has 1 amide bonds. The molecule has 2 aromatic carbocycles. The van der Waals surface area contributed by atoms with Crippen LogP contribution in [0.4, 0.5) is 10.3 Å². The molecule has 1 saturated heterocycles. The van der Waals surface area contributed by atoms with Gasteiger partial charge in [-0.1, -0.05) is 24.3 Å². The maximum atomic E-state index is 13.3. The van der Waals surface area contributed by atoms with Crippen LogP contribution in [0.2, 0.25) is 0 Å². The summed E-state index contributed by atoms with van der Waals surface area (Å²) in [6.45, 7) is 0.982. The number of carbonyl (C=O) groups is 1. The highest BCUT2D eigenvalue weighted by Crippen LogP contribution is 2.36. The molecule has 1 aliphatic heterocycles. The smallest absolute Gasteiger partial charge is 0.237 e. The standard InChI is InChI=1S/C19H18FN3O2/c20-14-7-5-13(6-8-14)19(9-11-25-12-10-19)17(24)23-18-21-15-3-1-2-4-16(15)22-18/h1-8H,9-12H2,(H2,21,22,23,24). The lowest BCUT2D eigenvalue weighted by molar-refractivity contribution is -0.125. The quantitative estimate of drug-likeness (QED) is 0.769. The lowest BCUT2D eigenvalue weighted by Crippen LogP contribution is -2.45. The van der Waals surface area contributed by atoms with Crippen LogP contribution in [0.3, 0.4) is 0 Å². The van der Waals surface area contributed by atoms with Crippen molar-refractivity contribution in [2.45, 2.75) is 18.3 Å². The van der Waals surface area contributed by atoms with Crippen LogP contribution in [0.1, 0.15) is 18.4 Å². The molecule has 2 N–H and O–H groups in total. The number of para-hydroxylation sites is 2. The third-order valence-corrected chi connectivity index (χ3v) is 4.80. The summed E-state index contributed by atoms with van der Waals surface area (Å²) in [5.74, 6) is -0.0516. The number of hydrogen-bond acceptors (Lipinski definition) is 3. The summed E-state index contributed by atoms with van der Waals surface area (Å²) >= 11 is 0. The molecular formula is C19H18FN3O2. The summed E-state index contributed by atoms with van der Waals surface area (Å²) < 4.78 is 18.7. The maximum absolute atomic E-state index is 13.3. The van der Waals surface area contributed by atoms with Gasteiger partial charge in [-0.25, -0.2) is 9.37 Å². The van der Waals surface area contributed by atoms with Crippen LogP contribution in [-0.4, -0.2) is 29.1 Å². The summed E-state index contributed by atoms with van der Waals surface area (Å²) in [5.41, 5.74) is 1.71. The number of carbonyl (C=O) groups excluding carboxylic acids is 1. The van der Waals surface area contributed by atoms with Crippen LogP contribution in [-0.2, 0) is 14.9 Å². The number of fused-ring (bicyclic) bond motifs is 1. The summed E-state index contributed by atoms with van der Waals surface area (Å²) in [7, 11) is 0. The number of halogens is 1. The third-order valence-electron chi connectivity index (χ3n) is 4.80. The second-order valence-electron chi connectivity index (χ2n) is 6.26. The van der Waals surface area contributed by atoms with Crippen molar-refractivity contribution < 1.29 is 13.9 Å². The van der Waals surface area contributed by atoms with Crippen LogP contribution in [0.15, 0.2) is 48.5 Å². The Morgan fingerprint density at radius 3 is 2.56 bits per heavy atom. The molecule has 0 radical (unpaired) electrons. The van der Waals surface area contributed by atoms with E-state index in [9.17, 15) is 9.18 Å². The molecule has 25 heavy (non-hydrogen) atoms. The third kappa shape index (κ3) is 2.89. The Bertz CT molecular complexity index is 865. The zero-order valence-corrected chi connectivity index (χ0v) is 13.6. The van der Waals surface area contributed by atoms with Crippen LogP contribution in [0.5, 0.6) is 0 Å². The molecule has 0 spiro atoms. The Balaban J connectivity index is 1.66. The minimum Gasteiger partial charge on any atom is -0.381 e. The van der Waals surface area contributed by atoms with Crippen molar-refractivity contribution >= 4 is 22.9 Å². The lowest BCUT2D eigenvalue weighted by atomic mass is 9.73. The Morgan fingerprint density at radius 2 is 1.84 bits per heavy atom. The van der Waals surface area contributed by atoms with Gasteiger partial charge in [0, 0.05) is 13.2 Å². The number of rotatable bonds is 3. The van der Waals surface area contributed by atoms with E-state index in [4.69, 9.17) is 4.74 Å². The largest absolute Gasteiger partial charge is 0.381 e. The average molecular weight is 339 g/mol. The number of nitrogens with zero attached hydrogens (tertiary/aromatic N) is 1. The van der Waals surface area contributed by atoms with Crippen LogP contribution < -0.4 is 5.32 Å². The highest BCUT2D eigenvalue weighted by molar-refractivity contribution is 5.99. The minimum absolute atomic E-state index is 0.151. The first-order valence-corrected chi connectivity index (χ1v) is 8.27. The first-order valence-electron chi connectivity index (χ1n) is 8.27. The number of benzene rings is 2. The molecule has 0 aliphatic carbocycles. The van der Waals surface area contributed by atoms with Crippen molar-refractivity contribution in [2.24, 2.45) is 0 Å². The van der Waals surface area contributed by atoms with Gasteiger partial charge in [-0.3, -0.25) is 10.1 Å². The number of imidazole rings is 1. The second-order valence-corrected chi connectivity index (χ2v) is 6.26. The van der Waals surface area contributed by atoms with Gasteiger partial charge in [-0.2, -0.15) is 0 Å². The maximum Gasteiger partial charge on any atom is 0.237 e. The van der Waals surface area contributed by atoms with E-state index >= 15 is 0 Å². The van der Waals surface area contributed by atoms with Gasteiger partial charge in [0.25, 0.3) is 0 Å². The average Bonchev–Trinajstić information content (AvgIpc) is 3.05. The van der Waals surface area contributed by atoms with Gasteiger partial charge in [-0.15, -0.1) is 0 Å². The van der Waals surface area contributed by atoms with E-state index in [1.54, 1.807) is 12.1 Å². The molecule has 4 rings (SSSR count). The van der Waals surface area contributed by atoms with E-state index in [1.807, 2.05) is 24.3 Å². The summed E-state index contributed by atoms with van der Waals surface area (Å²) in [6, 6.07) is 13.7. The first kappa shape index (κ1) is 15.8. The van der Waals surface area contributed by atoms with E-state index in [-0.39, 0.29) is 11.7 Å². The van der Waals surface area contributed by atoms with E-state index in [0.717, 1.165) is 16.6 Å². The fourth-order valence-electron chi connectivity index (χ4n) is 3.37. The molecule has 128 valence electrons. The number of nitrogens with one attached hydrogen (secondary N) is 2. The zero-order chi connectivity index (χ0) is 17.3. The van der Waals surface area contributed by atoms with E-state index < -0.39 is 5.41 Å². The van der Waals surface area contributed by atoms with Crippen molar-refractivity contribution in [3.05, 3.63) is 59.9 Å². The van der Waals surface area contributed by atoms with Gasteiger partial charge in [0.15, 0.2) is 0 Å². The fraction of sp³-hybridized carbons (Fsp3) is 0.263. The van der Waals surface area contributed by atoms with Gasteiger partial charge in [0.2, 0.25) is 11.9 Å². The van der Waals surface area contributed by atoms with Crippen molar-refractivity contribution in [3.8, 4) is 0 Å². The molecule has 5 nitrogen and oxygen atoms in total. The number of aromatic nitrogens is 2. The fourth-order valence-corrected chi connectivity index (χ4v) is 3.37. The van der Waals surface area contributed by atoms with Crippen molar-refractivity contribution in [1.29, 1.82) is 0 Å². The predicted molar refractivity (Wildman–Crippen MR) is 92.9 cm³/mol.